The summed E-state index contributed by atoms with van der Waals surface area (Å²) in [6, 6.07) is 12.4. The summed E-state index contributed by atoms with van der Waals surface area (Å²) in [6.45, 7) is 0.329. The van der Waals surface area contributed by atoms with Gasteiger partial charge in [-0.15, -0.1) is 0 Å². The Balaban J connectivity index is 2.22. The van der Waals surface area contributed by atoms with E-state index in [-0.39, 0.29) is 5.84 Å². The average Bonchev–Trinajstić information content (AvgIpc) is 2.53. The van der Waals surface area contributed by atoms with Crippen LogP contribution < -0.4 is 15.2 Å². The predicted octanol–water partition coefficient (Wildman–Crippen LogP) is 3.02. The molecule has 2 aromatic rings. The maximum Gasteiger partial charge on any atom is 0.173 e. The molecular formula is C15H15ClN2O3. The quantitative estimate of drug-likeness (QED) is 0.385. The summed E-state index contributed by atoms with van der Waals surface area (Å²) in [7, 11) is 1.56. The number of ether oxygens (including phenoxy) is 2. The van der Waals surface area contributed by atoms with Gasteiger partial charge in [0.15, 0.2) is 5.84 Å². The largest absolute Gasteiger partial charge is 0.497 e. The standard InChI is InChI=1S/C15H15ClN2O3/c1-20-12-6-7-13(15(17)18-19)14(8-12)21-9-10-2-4-11(16)5-3-10/h2-8,19H,9H2,1H3,(H2,17,18). The van der Waals surface area contributed by atoms with E-state index in [1.807, 2.05) is 12.1 Å². The summed E-state index contributed by atoms with van der Waals surface area (Å²) in [6.07, 6.45) is 0. The Morgan fingerprint density at radius 1 is 1.24 bits per heavy atom. The van der Waals surface area contributed by atoms with E-state index < -0.39 is 0 Å². The third kappa shape index (κ3) is 3.79. The molecule has 21 heavy (non-hydrogen) atoms. The molecule has 0 bridgehead atoms. The van der Waals surface area contributed by atoms with Crippen LogP contribution in [0.25, 0.3) is 0 Å². The summed E-state index contributed by atoms with van der Waals surface area (Å²) in [5.74, 6) is 1.07. The molecule has 0 saturated heterocycles. The normalized spacial score (nSPS) is 11.2. The third-order valence-corrected chi connectivity index (χ3v) is 3.13. The number of nitrogens with two attached hydrogens (primary N) is 1. The number of halogens is 1. The van der Waals surface area contributed by atoms with E-state index in [1.54, 1.807) is 37.4 Å². The fourth-order valence-corrected chi connectivity index (χ4v) is 1.88. The van der Waals surface area contributed by atoms with Gasteiger partial charge in [0.25, 0.3) is 0 Å². The van der Waals surface area contributed by atoms with Gasteiger partial charge >= 0.3 is 0 Å². The number of amidine groups is 1. The van der Waals surface area contributed by atoms with Gasteiger partial charge in [0.05, 0.1) is 12.7 Å². The van der Waals surface area contributed by atoms with Crippen LogP contribution in [0.3, 0.4) is 0 Å². The molecule has 0 aromatic heterocycles. The lowest BCUT2D eigenvalue weighted by Gasteiger charge is -2.12. The molecular weight excluding hydrogens is 292 g/mol. The first kappa shape index (κ1) is 15.0. The summed E-state index contributed by atoms with van der Waals surface area (Å²) < 4.78 is 10.9. The van der Waals surface area contributed by atoms with Gasteiger partial charge in [-0.1, -0.05) is 28.9 Å². The highest BCUT2D eigenvalue weighted by molar-refractivity contribution is 6.30. The van der Waals surface area contributed by atoms with Gasteiger partial charge in [-0.2, -0.15) is 0 Å². The minimum Gasteiger partial charge on any atom is -0.497 e. The van der Waals surface area contributed by atoms with Gasteiger partial charge < -0.3 is 20.4 Å². The Bertz CT molecular complexity index is 642. The first-order valence-electron chi connectivity index (χ1n) is 6.17. The lowest BCUT2D eigenvalue weighted by molar-refractivity contribution is 0.301. The Morgan fingerprint density at radius 3 is 2.57 bits per heavy atom. The van der Waals surface area contributed by atoms with Gasteiger partial charge in [0.2, 0.25) is 0 Å². The number of benzene rings is 2. The molecule has 0 amide bonds. The van der Waals surface area contributed by atoms with Crippen LogP contribution in [0.15, 0.2) is 47.6 Å². The molecule has 0 aliphatic carbocycles. The molecule has 0 fully saturated rings. The topological polar surface area (TPSA) is 77.1 Å². The highest BCUT2D eigenvalue weighted by atomic mass is 35.5. The van der Waals surface area contributed by atoms with E-state index in [0.29, 0.717) is 28.7 Å². The maximum absolute atomic E-state index is 8.82. The Kier molecular flexibility index (Phi) is 4.90. The molecule has 0 atom stereocenters. The molecule has 5 nitrogen and oxygen atoms in total. The van der Waals surface area contributed by atoms with Gasteiger partial charge in [-0.05, 0) is 29.8 Å². The van der Waals surface area contributed by atoms with Crippen molar-refractivity contribution in [3.05, 3.63) is 58.6 Å². The number of methoxy groups -OCH3 is 1. The van der Waals surface area contributed by atoms with Crippen LogP contribution in [0.5, 0.6) is 11.5 Å². The van der Waals surface area contributed by atoms with Crippen molar-refractivity contribution in [3.63, 3.8) is 0 Å². The maximum atomic E-state index is 8.82. The van der Waals surface area contributed by atoms with Crippen molar-refractivity contribution in [1.82, 2.24) is 0 Å². The van der Waals surface area contributed by atoms with Crippen LogP contribution in [-0.2, 0) is 6.61 Å². The fraction of sp³-hybridized carbons (Fsp3) is 0.133. The predicted molar refractivity (Wildman–Crippen MR) is 81.3 cm³/mol. The van der Waals surface area contributed by atoms with E-state index in [4.69, 9.17) is 32.0 Å². The highest BCUT2D eigenvalue weighted by Crippen LogP contribution is 2.25. The Morgan fingerprint density at radius 2 is 1.95 bits per heavy atom. The van der Waals surface area contributed by atoms with Crippen LogP contribution in [0.2, 0.25) is 5.02 Å². The van der Waals surface area contributed by atoms with E-state index in [0.717, 1.165) is 5.56 Å². The van der Waals surface area contributed by atoms with E-state index in [1.165, 1.54) is 0 Å². The summed E-state index contributed by atoms with van der Waals surface area (Å²) in [5.41, 5.74) is 7.08. The van der Waals surface area contributed by atoms with E-state index >= 15 is 0 Å². The molecule has 0 spiro atoms. The fourth-order valence-electron chi connectivity index (χ4n) is 1.76. The number of nitrogens with zero attached hydrogens (tertiary/aromatic N) is 1. The molecule has 0 aliphatic rings. The molecule has 0 saturated carbocycles. The van der Waals surface area contributed by atoms with Crippen molar-refractivity contribution in [2.45, 2.75) is 6.61 Å². The van der Waals surface area contributed by atoms with Crippen molar-refractivity contribution in [2.75, 3.05) is 7.11 Å². The second-order valence-corrected chi connectivity index (χ2v) is 4.70. The minimum absolute atomic E-state index is 0.0243. The second kappa shape index (κ2) is 6.85. The molecule has 110 valence electrons. The highest BCUT2D eigenvalue weighted by Gasteiger charge is 2.10. The van der Waals surface area contributed by atoms with Gasteiger partial charge in [-0.3, -0.25) is 0 Å². The molecule has 6 heteroatoms. The Labute approximate surface area is 127 Å². The molecule has 0 aliphatic heterocycles. The Hall–Kier alpha value is -2.40. The molecule has 2 aromatic carbocycles. The van der Waals surface area contributed by atoms with Gasteiger partial charge in [-0.25, -0.2) is 0 Å². The lowest BCUT2D eigenvalue weighted by Crippen LogP contribution is -2.15. The van der Waals surface area contributed by atoms with Crippen molar-refractivity contribution in [2.24, 2.45) is 10.9 Å². The van der Waals surface area contributed by atoms with Crippen LogP contribution >= 0.6 is 11.6 Å². The number of oxime groups is 1. The number of rotatable bonds is 5. The van der Waals surface area contributed by atoms with Crippen LogP contribution in [0.4, 0.5) is 0 Å². The van der Waals surface area contributed by atoms with Gasteiger partial charge in [0.1, 0.15) is 18.1 Å². The van der Waals surface area contributed by atoms with Crippen molar-refractivity contribution in [1.29, 1.82) is 0 Å². The van der Waals surface area contributed by atoms with Crippen LogP contribution in [-0.4, -0.2) is 18.2 Å². The van der Waals surface area contributed by atoms with Crippen molar-refractivity contribution < 1.29 is 14.7 Å². The summed E-state index contributed by atoms with van der Waals surface area (Å²) in [4.78, 5) is 0. The molecule has 2 rings (SSSR count). The monoisotopic (exact) mass is 306 g/mol. The zero-order valence-electron chi connectivity index (χ0n) is 11.4. The lowest BCUT2D eigenvalue weighted by atomic mass is 10.1. The van der Waals surface area contributed by atoms with E-state index in [9.17, 15) is 0 Å². The molecule has 0 heterocycles. The summed E-state index contributed by atoms with van der Waals surface area (Å²) >= 11 is 5.84. The van der Waals surface area contributed by atoms with Crippen LogP contribution in [0, 0.1) is 0 Å². The molecule has 0 unspecified atom stereocenters. The first-order valence-corrected chi connectivity index (χ1v) is 6.55. The van der Waals surface area contributed by atoms with Crippen LogP contribution in [0.1, 0.15) is 11.1 Å². The van der Waals surface area contributed by atoms with Crippen molar-refractivity contribution >= 4 is 17.4 Å². The van der Waals surface area contributed by atoms with Gasteiger partial charge in [0, 0.05) is 11.1 Å². The minimum atomic E-state index is -0.0243. The smallest absolute Gasteiger partial charge is 0.173 e. The average molecular weight is 307 g/mol. The van der Waals surface area contributed by atoms with E-state index in [2.05, 4.69) is 5.16 Å². The van der Waals surface area contributed by atoms with Crippen molar-refractivity contribution in [3.8, 4) is 11.5 Å². The molecule has 0 radical (unpaired) electrons. The zero-order chi connectivity index (χ0) is 15.2. The zero-order valence-corrected chi connectivity index (χ0v) is 12.2. The second-order valence-electron chi connectivity index (χ2n) is 4.26. The SMILES string of the molecule is COc1ccc(/C(N)=N/O)c(OCc2ccc(Cl)cc2)c1. The third-order valence-electron chi connectivity index (χ3n) is 2.88. The number of hydrogen-bond donors (Lipinski definition) is 2. The summed E-state index contributed by atoms with van der Waals surface area (Å²) in [5, 5.41) is 12.5. The first-order chi connectivity index (χ1) is 10.1. The molecule has 3 N–H and O–H groups in total. The number of hydrogen-bond acceptors (Lipinski definition) is 4.